The minimum atomic E-state index is -0.602. The number of hydrogen-bond acceptors (Lipinski definition) is 6. The lowest BCUT2D eigenvalue weighted by Gasteiger charge is -2.12. The van der Waals surface area contributed by atoms with Crippen LogP contribution in [0.5, 0.6) is 0 Å². The lowest BCUT2D eigenvalue weighted by Crippen LogP contribution is -2.17. The van der Waals surface area contributed by atoms with E-state index in [0.717, 1.165) is 77.0 Å². The van der Waals surface area contributed by atoms with Crippen molar-refractivity contribution in [2.75, 3.05) is 19.8 Å². The summed E-state index contributed by atoms with van der Waals surface area (Å²) < 4.78 is 17.0. The standard InChI is InChI=1S/C63H108O6/c1-4-7-10-13-16-19-22-25-28-31-34-37-40-43-46-49-54-67-61(64)58-52-53-59(62(65)68-55-50-47-44-41-38-35-32-29-26-23-20-17-14-11-8-5-2)60(57-58)63(66)69-56-51-48-45-42-39-36-33-30-27-24-21-18-15-12-9-6-3/h25-30,52-53,57H,4-24,31-51,54-56H2,1-3H3/b28-25+,29-26+,30-27+. The molecular weight excluding hydrogens is 853 g/mol. The Morgan fingerprint density at radius 3 is 0.855 bits per heavy atom. The van der Waals surface area contributed by atoms with Crippen LogP contribution in [0, 0.1) is 0 Å². The first kappa shape index (κ1) is 63.9. The third-order valence-electron chi connectivity index (χ3n) is 13.4. The fourth-order valence-corrected chi connectivity index (χ4v) is 8.80. The highest BCUT2D eigenvalue weighted by Gasteiger charge is 2.22. The van der Waals surface area contributed by atoms with Crippen molar-refractivity contribution in [2.24, 2.45) is 0 Å². The van der Waals surface area contributed by atoms with Gasteiger partial charge in [-0.2, -0.15) is 0 Å². The van der Waals surface area contributed by atoms with Gasteiger partial charge in [-0.15, -0.1) is 0 Å². The van der Waals surface area contributed by atoms with Crippen molar-refractivity contribution in [3.05, 3.63) is 71.3 Å². The zero-order valence-corrected chi connectivity index (χ0v) is 45.5. The van der Waals surface area contributed by atoms with E-state index >= 15 is 0 Å². The summed E-state index contributed by atoms with van der Waals surface area (Å²) in [6, 6.07) is 4.54. The Balaban J connectivity index is 2.47. The van der Waals surface area contributed by atoms with Gasteiger partial charge in [-0.1, -0.05) is 231 Å². The van der Waals surface area contributed by atoms with Crippen LogP contribution in [0.4, 0.5) is 0 Å². The molecule has 1 aromatic rings. The third-order valence-corrected chi connectivity index (χ3v) is 13.4. The first-order valence-electron chi connectivity index (χ1n) is 29.6. The zero-order chi connectivity index (χ0) is 49.8. The van der Waals surface area contributed by atoms with Gasteiger partial charge in [0.15, 0.2) is 0 Å². The van der Waals surface area contributed by atoms with Gasteiger partial charge in [-0.05, 0) is 115 Å². The Kier molecular flexibility index (Phi) is 47.4. The molecule has 1 rings (SSSR count). The van der Waals surface area contributed by atoms with Gasteiger partial charge in [0.05, 0.1) is 36.5 Å². The zero-order valence-electron chi connectivity index (χ0n) is 45.5. The molecule has 0 unspecified atom stereocenters. The minimum Gasteiger partial charge on any atom is -0.462 e. The summed E-state index contributed by atoms with van der Waals surface area (Å²) >= 11 is 0. The smallest absolute Gasteiger partial charge is 0.339 e. The van der Waals surface area contributed by atoms with Gasteiger partial charge in [-0.3, -0.25) is 0 Å². The summed E-state index contributed by atoms with van der Waals surface area (Å²) in [5.74, 6) is -1.65. The molecule has 0 heterocycles. The monoisotopic (exact) mass is 961 g/mol. The summed E-state index contributed by atoms with van der Waals surface area (Å²) in [6.07, 6.45) is 65.1. The highest BCUT2D eigenvalue weighted by atomic mass is 16.5. The van der Waals surface area contributed by atoms with Crippen molar-refractivity contribution in [1.29, 1.82) is 0 Å². The minimum absolute atomic E-state index is 0.0669. The second kappa shape index (κ2) is 51.2. The van der Waals surface area contributed by atoms with Crippen LogP contribution in [-0.2, 0) is 14.2 Å². The number of carbonyl (C=O) groups excluding carboxylic acids is 3. The molecule has 396 valence electrons. The van der Waals surface area contributed by atoms with E-state index in [1.807, 2.05) is 0 Å². The average Bonchev–Trinajstić information content (AvgIpc) is 3.36. The number of unbranched alkanes of at least 4 members (excludes halogenated alkanes) is 36. The van der Waals surface area contributed by atoms with Gasteiger partial charge in [0.2, 0.25) is 0 Å². The van der Waals surface area contributed by atoms with E-state index in [2.05, 4.69) is 57.2 Å². The number of ether oxygens (including phenoxy) is 3. The Hall–Kier alpha value is -3.15. The van der Waals surface area contributed by atoms with Crippen LogP contribution in [0.25, 0.3) is 0 Å². The van der Waals surface area contributed by atoms with E-state index in [0.29, 0.717) is 13.2 Å². The number of hydrogen-bond donors (Lipinski definition) is 0. The van der Waals surface area contributed by atoms with E-state index < -0.39 is 17.9 Å². The second-order valence-corrected chi connectivity index (χ2v) is 20.0. The molecule has 0 radical (unpaired) electrons. The molecule has 6 heteroatoms. The predicted octanol–water partition coefficient (Wildman–Crippen LogP) is 20.3. The lowest BCUT2D eigenvalue weighted by atomic mass is 10.0. The van der Waals surface area contributed by atoms with E-state index in [4.69, 9.17) is 14.2 Å². The van der Waals surface area contributed by atoms with Crippen LogP contribution >= 0.6 is 0 Å². The molecule has 0 aliphatic rings. The van der Waals surface area contributed by atoms with Crippen LogP contribution in [0.15, 0.2) is 54.7 Å². The van der Waals surface area contributed by atoms with Gasteiger partial charge in [0, 0.05) is 0 Å². The van der Waals surface area contributed by atoms with Crippen LogP contribution < -0.4 is 0 Å². The summed E-state index contributed by atoms with van der Waals surface area (Å²) in [4.78, 5) is 39.9. The number of allylic oxidation sites excluding steroid dienone is 6. The number of benzene rings is 1. The maximum atomic E-state index is 13.5. The molecule has 0 saturated carbocycles. The molecule has 0 N–H and O–H groups in total. The first-order chi connectivity index (χ1) is 34.0. The van der Waals surface area contributed by atoms with Crippen LogP contribution in [0.2, 0.25) is 0 Å². The summed E-state index contributed by atoms with van der Waals surface area (Å²) in [7, 11) is 0. The van der Waals surface area contributed by atoms with Crippen molar-refractivity contribution in [3.63, 3.8) is 0 Å². The molecule has 0 spiro atoms. The van der Waals surface area contributed by atoms with Crippen LogP contribution in [0.3, 0.4) is 0 Å². The summed E-state index contributed by atoms with van der Waals surface area (Å²) in [5, 5.41) is 0. The molecule has 0 bridgehead atoms. The van der Waals surface area contributed by atoms with Crippen molar-refractivity contribution in [1.82, 2.24) is 0 Å². The molecule has 0 saturated heterocycles. The van der Waals surface area contributed by atoms with E-state index in [9.17, 15) is 14.4 Å². The maximum Gasteiger partial charge on any atom is 0.339 e. The van der Waals surface area contributed by atoms with Gasteiger partial charge in [-0.25, -0.2) is 14.4 Å². The molecule has 0 aliphatic heterocycles. The molecule has 6 nitrogen and oxygen atoms in total. The molecule has 69 heavy (non-hydrogen) atoms. The van der Waals surface area contributed by atoms with Crippen molar-refractivity contribution in [3.8, 4) is 0 Å². The predicted molar refractivity (Wildman–Crippen MR) is 296 cm³/mol. The third kappa shape index (κ3) is 41.2. The average molecular weight is 962 g/mol. The van der Waals surface area contributed by atoms with Crippen LogP contribution in [-0.4, -0.2) is 37.7 Å². The highest BCUT2D eigenvalue weighted by Crippen LogP contribution is 2.19. The molecule has 0 amide bonds. The highest BCUT2D eigenvalue weighted by molar-refractivity contribution is 6.05. The normalized spacial score (nSPS) is 11.7. The van der Waals surface area contributed by atoms with Gasteiger partial charge < -0.3 is 14.2 Å². The van der Waals surface area contributed by atoms with Crippen LogP contribution in [0.1, 0.15) is 322 Å². The lowest BCUT2D eigenvalue weighted by molar-refractivity contribution is 0.0448. The van der Waals surface area contributed by atoms with E-state index in [1.54, 1.807) is 6.07 Å². The van der Waals surface area contributed by atoms with Crippen molar-refractivity contribution in [2.45, 2.75) is 290 Å². The van der Waals surface area contributed by atoms with Crippen molar-refractivity contribution >= 4 is 17.9 Å². The van der Waals surface area contributed by atoms with Gasteiger partial charge in [0.1, 0.15) is 0 Å². The second-order valence-electron chi connectivity index (χ2n) is 20.0. The quantitative estimate of drug-likeness (QED) is 0.0280. The summed E-state index contributed by atoms with van der Waals surface area (Å²) in [6.45, 7) is 7.70. The van der Waals surface area contributed by atoms with E-state index in [-0.39, 0.29) is 23.3 Å². The van der Waals surface area contributed by atoms with E-state index in [1.165, 1.54) is 205 Å². The maximum absolute atomic E-state index is 13.5. The fourth-order valence-electron chi connectivity index (χ4n) is 8.80. The molecule has 0 fully saturated rings. The largest absolute Gasteiger partial charge is 0.462 e. The molecule has 0 aliphatic carbocycles. The Labute approximate surface area is 426 Å². The Morgan fingerprint density at radius 2 is 0.551 bits per heavy atom. The van der Waals surface area contributed by atoms with Gasteiger partial charge in [0.25, 0.3) is 0 Å². The number of carbonyl (C=O) groups is 3. The molecule has 1 aromatic carbocycles. The first-order valence-corrected chi connectivity index (χ1v) is 29.6. The SMILES string of the molecule is CCCCCCCC/C=C/CCCCCCCCOC(=O)c1ccc(C(=O)OCCCCCCCC/C=C/CCCCCCCC)c(C(=O)OCCCCCCCC/C=C/CCCCCCCC)c1. The Morgan fingerprint density at radius 1 is 0.304 bits per heavy atom. The van der Waals surface area contributed by atoms with Crippen molar-refractivity contribution < 1.29 is 28.6 Å². The molecule has 0 aromatic heterocycles. The summed E-state index contributed by atoms with van der Waals surface area (Å²) in [5.41, 5.74) is 0.446. The molecule has 0 atom stereocenters. The van der Waals surface area contributed by atoms with Gasteiger partial charge >= 0.3 is 17.9 Å². The fraction of sp³-hybridized carbons (Fsp3) is 0.762. The number of esters is 3. The topological polar surface area (TPSA) is 78.9 Å². The number of rotatable bonds is 51. The Bertz CT molecular complexity index is 1410. The molecular formula is C63H108O6.